The number of amides is 2. The van der Waals surface area contributed by atoms with Gasteiger partial charge in [0, 0.05) is 37.4 Å². The van der Waals surface area contributed by atoms with E-state index in [1.807, 2.05) is 0 Å². The maximum atomic E-state index is 12.8. The first kappa shape index (κ1) is 18.8. The molecule has 0 saturated carbocycles. The van der Waals surface area contributed by atoms with Crippen molar-refractivity contribution in [3.05, 3.63) is 65.2 Å². The molecule has 1 aliphatic heterocycles. The molecule has 0 aromatic heterocycles. The van der Waals surface area contributed by atoms with E-state index in [-0.39, 0.29) is 37.6 Å². The predicted molar refractivity (Wildman–Crippen MR) is 94.1 cm³/mol. The summed E-state index contributed by atoms with van der Waals surface area (Å²) in [5.74, 6) is -0.702. The number of nitrogens with two attached hydrogens (primary N) is 1. The van der Waals surface area contributed by atoms with Crippen molar-refractivity contribution < 1.29 is 22.8 Å². The molecular formula is C19H18F3N3O2. The number of carbonyl (C=O) groups excluding carboxylic acids is 2. The first-order chi connectivity index (χ1) is 12.8. The Morgan fingerprint density at radius 2 is 1.44 bits per heavy atom. The third-order valence-electron chi connectivity index (χ3n) is 4.48. The summed E-state index contributed by atoms with van der Waals surface area (Å²) in [7, 11) is 0. The maximum absolute atomic E-state index is 12.8. The lowest BCUT2D eigenvalue weighted by Crippen LogP contribution is -2.50. The first-order valence-electron chi connectivity index (χ1n) is 8.37. The Morgan fingerprint density at radius 1 is 0.852 bits per heavy atom. The molecule has 3 rings (SSSR count). The number of halogens is 3. The van der Waals surface area contributed by atoms with Gasteiger partial charge in [0.2, 0.25) is 0 Å². The molecule has 0 spiro atoms. The fourth-order valence-electron chi connectivity index (χ4n) is 2.99. The van der Waals surface area contributed by atoms with Gasteiger partial charge in [-0.2, -0.15) is 13.2 Å². The van der Waals surface area contributed by atoms with E-state index in [9.17, 15) is 22.8 Å². The quantitative estimate of drug-likeness (QED) is 0.819. The number of nitrogens with zero attached hydrogens (tertiary/aromatic N) is 2. The first-order valence-corrected chi connectivity index (χ1v) is 8.37. The van der Waals surface area contributed by atoms with E-state index >= 15 is 0 Å². The molecule has 2 amide bonds. The number of rotatable bonds is 2. The molecule has 0 bridgehead atoms. The summed E-state index contributed by atoms with van der Waals surface area (Å²) in [6.45, 7) is 1.07. The minimum absolute atomic E-state index is 0.0168. The van der Waals surface area contributed by atoms with Crippen LogP contribution in [0.4, 0.5) is 18.9 Å². The summed E-state index contributed by atoms with van der Waals surface area (Å²) < 4.78 is 38.5. The lowest BCUT2D eigenvalue weighted by atomic mass is 10.1. The van der Waals surface area contributed by atoms with Gasteiger partial charge in [-0.05, 0) is 30.3 Å². The van der Waals surface area contributed by atoms with Crippen LogP contribution in [-0.4, -0.2) is 47.8 Å². The second kappa shape index (κ2) is 7.30. The van der Waals surface area contributed by atoms with E-state index < -0.39 is 17.6 Å². The van der Waals surface area contributed by atoms with E-state index in [1.165, 1.54) is 17.0 Å². The number of nitrogen functional groups attached to an aromatic ring is 1. The van der Waals surface area contributed by atoms with Gasteiger partial charge < -0.3 is 15.5 Å². The van der Waals surface area contributed by atoms with E-state index in [2.05, 4.69) is 0 Å². The highest BCUT2D eigenvalue weighted by molar-refractivity contribution is 5.99. The van der Waals surface area contributed by atoms with Gasteiger partial charge in [-0.25, -0.2) is 0 Å². The van der Waals surface area contributed by atoms with Crippen molar-refractivity contribution in [1.82, 2.24) is 9.80 Å². The number of alkyl halides is 3. The molecule has 1 heterocycles. The molecule has 1 fully saturated rings. The molecule has 0 radical (unpaired) electrons. The van der Waals surface area contributed by atoms with Crippen molar-refractivity contribution in [3.8, 4) is 0 Å². The summed E-state index contributed by atoms with van der Waals surface area (Å²) in [6, 6.07) is 11.1. The lowest BCUT2D eigenvalue weighted by Gasteiger charge is -2.35. The number of piperazine rings is 1. The van der Waals surface area contributed by atoms with Crippen LogP contribution in [0.25, 0.3) is 0 Å². The van der Waals surface area contributed by atoms with Gasteiger partial charge >= 0.3 is 6.18 Å². The smallest absolute Gasteiger partial charge is 0.398 e. The summed E-state index contributed by atoms with van der Waals surface area (Å²) in [6.07, 6.45) is -4.50. The third kappa shape index (κ3) is 4.05. The van der Waals surface area contributed by atoms with Gasteiger partial charge in [0.15, 0.2) is 0 Å². The number of hydrogen-bond acceptors (Lipinski definition) is 3. The number of para-hydroxylation sites is 1. The summed E-state index contributed by atoms with van der Waals surface area (Å²) >= 11 is 0. The molecule has 1 aliphatic rings. The summed E-state index contributed by atoms with van der Waals surface area (Å²) in [4.78, 5) is 28.1. The molecule has 8 heteroatoms. The van der Waals surface area contributed by atoms with Gasteiger partial charge in [-0.15, -0.1) is 0 Å². The SMILES string of the molecule is Nc1ccccc1C(=O)N1CCN(C(=O)c2cccc(C(F)(F)F)c2)CC1. The Kier molecular flexibility index (Phi) is 5.07. The fourth-order valence-corrected chi connectivity index (χ4v) is 2.99. The number of anilines is 1. The van der Waals surface area contributed by atoms with Crippen molar-refractivity contribution in [2.24, 2.45) is 0 Å². The molecule has 27 heavy (non-hydrogen) atoms. The molecular weight excluding hydrogens is 359 g/mol. The lowest BCUT2D eigenvalue weighted by molar-refractivity contribution is -0.137. The van der Waals surface area contributed by atoms with Gasteiger partial charge in [-0.1, -0.05) is 18.2 Å². The zero-order chi connectivity index (χ0) is 19.6. The minimum Gasteiger partial charge on any atom is -0.398 e. The van der Waals surface area contributed by atoms with Gasteiger partial charge in [0.05, 0.1) is 11.1 Å². The van der Waals surface area contributed by atoms with Crippen LogP contribution < -0.4 is 5.73 Å². The zero-order valence-electron chi connectivity index (χ0n) is 14.4. The van der Waals surface area contributed by atoms with Crippen molar-refractivity contribution in [1.29, 1.82) is 0 Å². The highest BCUT2D eigenvalue weighted by Gasteiger charge is 2.32. The van der Waals surface area contributed by atoms with E-state index in [0.29, 0.717) is 11.3 Å². The summed E-state index contributed by atoms with van der Waals surface area (Å²) in [5.41, 5.74) is 5.73. The largest absolute Gasteiger partial charge is 0.416 e. The minimum atomic E-state index is -4.50. The van der Waals surface area contributed by atoms with Crippen LogP contribution >= 0.6 is 0 Å². The van der Waals surface area contributed by atoms with E-state index in [1.54, 1.807) is 29.2 Å². The van der Waals surface area contributed by atoms with Gasteiger partial charge in [0.25, 0.3) is 11.8 Å². The normalized spacial score (nSPS) is 14.9. The number of carbonyl (C=O) groups is 2. The van der Waals surface area contributed by atoms with Crippen LogP contribution in [0.5, 0.6) is 0 Å². The van der Waals surface area contributed by atoms with E-state index in [0.717, 1.165) is 12.1 Å². The Bertz CT molecular complexity index is 859. The second-order valence-corrected chi connectivity index (χ2v) is 6.25. The third-order valence-corrected chi connectivity index (χ3v) is 4.48. The van der Waals surface area contributed by atoms with Crippen LogP contribution in [0.3, 0.4) is 0 Å². The molecule has 0 atom stereocenters. The molecule has 0 unspecified atom stereocenters. The molecule has 2 N–H and O–H groups in total. The van der Waals surface area contributed by atoms with Crippen LogP contribution in [0, 0.1) is 0 Å². The molecule has 0 aliphatic carbocycles. The fraction of sp³-hybridized carbons (Fsp3) is 0.263. The van der Waals surface area contributed by atoms with Crippen molar-refractivity contribution in [2.75, 3.05) is 31.9 Å². The molecule has 2 aromatic carbocycles. The Balaban J connectivity index is 1.66. The van der Waals surface area contributed by atoms with Crippen LogP contribution in [0.1, 0.15) is 26.3 Å². The van der Waals surface area contributed by atoms with E-state index in [4.69, 9.17) is 5.73 Å². The topological polar surface area (TPSA) is 66.6 Å². The van der Waals surface area contributed by atoms with Crippen LogP contribution in [-0.2, 0) is 6.18 Å². The average molecular weight is 377 g/mol. The van der Waals surface area contributed by atoms with Crippen LogP contribution in [0.2, 0.25) is 0 Å². The van der Waals surface area contributed by atoms with Crippen molar-refractivity contribution in [2.45, 2.75) is 6.18 Å². The zero-order valence-corrected chi connectivity index (χ0v) is 14.4. The second-order valence-electron chi connectivity index (χ2n) is 6.25. The Morgan fingerprint density at radius 3 is 2.04 bits per heavy atom. The molecule has 2 aromatic rings. The number of hydrogen-bond donors (Lipinski definition) is 1. The number of benzene rings is 2. The Labute approximate surface area is 154 Å². The highest BCUT2D eigenvalue weighted by atomic mass is 19.4. The van der Waals surface area contributed by atoms with Gasteiger partial charge in [0.1, 0.15) is 0 Å². The van der Waals surface area contributed by atoms with Crippen LogP contribution in [0.15, 0.2) is 48.5 Å². The van der Waals surface area contributed by atoms with Gasteiger partial charge in [-0.3, -0.25) is 9.59 Å². The monoisotopic (exact) mass is 377 g/mol. The Hall–Kier alpha value is -3.03. The molecule has 5 nitrogen and oxygen atoms in total. The highest BCUT2D eigenvalue weighted by Crippen LogP contribution is 2.29. The maximum Gasteiger partial charge on any atom is 0.416 e. The molecule has 142 valence electrons. The standard InChI is InChI=1S/C19H18F3N3O2/c20-19(21,22)14-5-3-4-13(12-14)17(26)24-8-10-25(11-9-24)18(27)15-6-1-2-7-16(15)23/h1-7,12H,8-11,23H2. The van der Waals surface area contributed by atoms with Crippen molar-refractivity contribution >= 4 is 17.5 Å². The summed E-state index contributed by atoms with van der Waals surface area (Å²) in [5, 5.41) is 0. The predicted octanol–water partition coefficient (Wildman–Crippen LogP) is 2.89. The average Bonchev–Trinajstić information content (AvgIpc) is 2.67. The van der Waals surface area contributed by atoms with Crippen molar-refractivity contribution in [3.63, 3.8) is 0 Å². The molecule has 1 saturated heterocycles.